The Bertz CT molecular complexity index is 484. The van der Waals surface area contributed by atoms with E-state index in [0.29, 0.717) is 0 Å². The van der Waals surface area contributed by atoms with Crippen molar-refractivity contribution in [1.29, 1.82) is 0 Å². The minimum absolute atomic E-state index is 0.728. The van der Waals surface area contributed by atoms with Gasteiger partial charge in [0.1, 0.15) is 5.03 Å². The number of pyridine rings is 1. The van der Waals surface area contributed by atoms with Gasteiger partial charge in [0.2, 0.25) is 0 Å². The van der Waals surface area contributed by atoms with E-state index < -0.39 is 0 Å². The monoisotopic (exact) mass is 246 g/mol. The lowest BCUT2D eigenvalue weighted by Crippen LogP contribution is -2.06. The van der Waals surface area contributed by atoms with Crippen molar-refractivity contribution in [2.24, 2.45) is 0 Å². The highest BCUT2D eigenvalue weighted by molar-refractivity contribution is 7.99. The largest absolute Gasteiger partial charge is 0.316 e. The van der Waals surface area contributed by atoms with Gasteiger partial charge in [0.05, 0.1) is 0 Å². The van der Waals surface area contributed by atoms with E-state index >= 15 is 0 Å². The maximum Gasteiger partial charge on any atom is 0.193 e. The molecule has 0 spiro atoms. The normalized spacial score (nSPS) is 10.5. The van der Waals surface area contributed by atoms with E-state index in [-0.39, 0.29) is 0 Å². The molecule has 0 bridgehead atoms. The Hall–Kier alpha value is -1.46. The summed E-state index contributed by atoms with van der Waals surface area (Å²) in [7, 11) is 1.92. The standard InChI is InChI=1S/C12H14N4S/c1-9-6-15-12(16-7-9)17-11-10(8-13-2)4-3-5-14-11/h3-7,13H,8H2,1-2H3. The van der Waals surface area contributed by atoms with Crippen molar-refractivity contribution < 1.29 is 0 Å². The van der Waals surface area contributed by atoms with Crippen LogP contribution in [0.2, 0.25) is 0 Å². The van der Waals surface area contributed by atoms with Gasteiger partial charge in [0.25, 0.3) is 0 Å². The van der Waals surface area contributed by atoms with Crippen LogP contribution in [0.15, 0.2) is 40.9 Å². The summed E-state index contributed by atoms with van der Waals surface area (Å²) in [6.07, 6.45) is 5.42. The highest BCUT2D eigenvalue weighted by Gasteiger charge is 2.06. The topological polar surface area (TPSA) is 50.7 Å². The first-order chi connectivity index (χ1) is 8.29. The van der Waals surface area contributed by atoms with Crippen molar-refractivity contribution in [2.75, 3.05) is 7.05 Å². The second-order valence-electron chi connectivity index (χ2n) is 3.64. The van der Waals surface area contributed by atoms with Gasteiger partial charge < -0.3 is 5.32 Å². The number of nitrogens with zero attached hydrogens (tertiary/aromatic N) is 3. The zero-order chi connectivity index (χ0) is 12.1. The maximum atomic E-state index is 4.36. The third-order valence-electron chi connectivity index (χ3n) is 2.16. The zero-order valence-electron chi connectivity index (χ0n) is 9.84. The van der Waals surface area contributed by atoms with Crippen LogP contribution in [-0.2, 0) is 6.54 Å². The van der Waals surface area contributed by atoms with E-state index in [1.165, 1.54) is 11.8 Å². The van der Waals surface area contributed by atoms with Gasteiger partial charge in [-0.05, 0) is 42.9 Å². The van der Waals surface area contributed by atoms with Crippen LogP contribution in [0.4, 0.5) is 0 Å². The molecule has 2 heterocycles. The Labute approximate surface area is 105 Å². The van der Waals surface area contributed by atoms with E-state index in [2.05, 4.69) is 26.3 Å². The summed E-state index contributed by atoms with van der Waals surface area (Å²) in [4.78, 5) is 12.9. The van der Waals surface area contributed by atoms with Crippen LogP contribution < -0.4 is 5.32 Å². The molecule has 2 aromatic heterocycles. The molecule has 0 aliphatic rings. The van der Waals surface area contributed by atoms with Gasteiger partial charge in [-0.25, -0.2) is 15.0 Å². The summed E-state index contributed by atoms with van der Waals surface area (Å²) < 4.78 is 0. The number of aromatic nitrogens is 3. The molecular formula is C12H14N4S. The van der Waals surface area contributed by atoms with Crippen LogP contribution in [0.3, 0.4) is 0 Å². The van der Waals surface area contributed by atoms with Crippen molar-refractivity contribution in [3.05, 3.63) is 41.9 Å². The van der Waals surface area contributed by atoms with Gasteiger partial charge in [-0.2, -0.15) is 0 Å². The molecule has 0 radical (unpaired) electrons. The van der Waals surface area contributed by atoms with Gasteiger partial charge >= 0.3 is 0 Å². The second kappa shape index (κ2) is 5.75. The van der Waals surface area contributed by atoms with Crippen LogP contribution >= 0.6 is 11.8 Å². The molecule has 2 rings (SSSR count). The highest BCUT2D eigenvalue weighted by Crippen LogP contribution is 2.25. The smallest absolute Gasteiger partial charge is 0.193 e. The molecule has 88 valence electrons. The minimum atomic E-state index is 0.728. The predicted octanol–water partition coefficient (Wildman–Crippen LogP) is 2.05. The number of rotatable bonds is 4. The first-order valence-corrected chi connectivity index (χ1v) is 6.16. The van der Waals surface area contributed by atoms with Crippen LogP contribution in [-0.4, -0.2) is 22.0 Å². The zero-order valence-corrected chi connectivity index (χ0v) is 10.7. The van der Waals surface area contributed by atoms with Crippen molar-refractivity contribution >= 4 is 11.8 Å². The summed E-state index contributed by atoms with van der Waals surface area (Å²) in [5.41, 5.74) is 2.22. The summed E-state index contributed by atoms with van der Waals surface area (Å²) in [5, 5.41) is 4.80. The number of hydrogen-bond acceptors (Lipinski definition) is 5. The third kappa shape index (κ3) is 3.25. The molecule has 17 heavy (non-hydrogen) atoms. The second-order valence-corrected chi connectivity index (χ2v) is 4.60. The van der Waals surface area contributed by atoms with Crippen molar-refractivity contribution in [1.82, 2.24) is 20.3 Å². The van der Waals surface area contributed by atoms with Gasteiger partial charge in [0.15, 0.2) is 5.16 Å². The molecule has 0 aliphatic heterocycles. The summed E-state index contributed by atoms with van der Waals surface area (Å²) in [6, 6.07) is 3.99. The Morgan fingerprint density at radius 2 is 2.00 bits per heavy atom. The first kappa shape index (κ1) is 12.0. The number of hydrogen-bond donors (Lipinski definition) is 1. The molecule has 0 aromatic carbocycles. The summed E-state index contributed by atoms with van der Waals surface area (Å²) in [6.45, 7) is 2.77. The third-order valence-corrected chi connectivity index (χ3v) is 3.12. The average molecular weight is 246 g/mol. The van der Waals surface area contributed by atoms with Gasteiger partial charge in [0, 0.05) is 25.1 Å². The highest BCUT2D eigenvalue weighted by atomic mass is 32.2. The predicted molar refractivity (Wildman–Crippen MR) is 67.9 cm³/mol. The van der Waals surface area contributed by atoms with Crippen molar-refractivity contribution in [3.63, 3.8) is 0 Å². The van der Waals surface area contributed by atoms with Crippen molar-refractivity contribution in [2.45, 2.75) is 23.7 Å². The maximum absolute atomic E-state index is 4.36. The number of aryl methyl sites for hydroxylation is 1. The van der Waals surface area contributed by atoms with Crippen molar-refractivity contribution in [3.8, 4) is 0 Å². The molecule has 0 atom stereocenters. The molecule has 5 heteroatoms. The molecule has 1 N–H and O–H groups in total. The minimum Gasteiger partial charge on any atom is -0.316 e. The molecule has 0 saturated heterocycles. The van der Waals surface area contributed by atoms with E-state index in [1.807, 2.05) is 32.4 Å². The van der Waals surface area contributed by atoms with Gasteiger partial charge in [-0.15, -0.1) is 0 Å². The fraction of sp³-hybridized carbons (Fsp3) is 0.250. The van der Waals surface area contributed by atoms with E-state index in [0.717, 1.165) is 27.9 Å². The van der Waals surface area contributed by atoms with E-state index in [4.69, 9.17) is 0 Å². The Balaban J connectivity index is 2.20. The average Bonchev–Trinajstić information content (AvgIpc) is 2.35. The molecule has 0 fully saturated rings. The van der Waals surface area contributed by atoms with Crippen LogP contribution in [0.25, 0.3) is 0 Å². The number of nitrogens with one attached hydrogen (secondary N) is 1. The van der Waals surface area contributed by atoms with E-state index in [9.17, 15) is 0 Å². The lowest BCUT2D eigenvalue weighted by molar-refractivity contribution is 0.788. The quantitative estimate of drug-likeness (QED) is 0.837. The Morgan fingerprint density at radius 1 is 1.24 bits per heavy atom. The van der Waals surface area contributed by atoms with Gasteiger partial charge in [-0.3, -0.25) is 0 Å². The molecule has 0 aliphatic carbocycles. The molecule has 0 saturated carbocycles. The van der Waals surface area contributed by atoms with E-state index in [1.54, 1.807) is 6.20 Å². The van der Waals surface area contributed by atoms with Gasteiger partial charge in [-0.1, -0.05) is 6.07 Å². The molecular weight excluding hydrogens is 232 g/mol. The Morgan fingerprint density at radius 3 is 2.71 bits per heavy atom. The summed E-state index contributed by atoms with van der Waals surface area (Å²) in [5.74, 6) is 0. The fourth-order valence-electron chi connectivity index (χ4n) is 1.36. The fourth-order valence-corrected chi connectivity index (χ4v) is 2.13. The molecule has 4 nitrogen and oxygen atoms in total. The molecule has 0 amide bonds. The van der Waals surface area contributed by atoms with Crippen LogP contribution in [0.5, 0.6) is 0 Å². The molecule has 2 aromatic rings. The first-order valence-electron chi connectivity index (χ1n) is 5.34. The lowest BCUT2D eigenvalue weighted by atomic mass is 10.3. The molecule has 0 unspecified atom stereocenters. The SMILES string of the molecule is CNCc1cccnc1Sc1ncc(C)cn1. The van der Waals surface area contributed by atoms with Crippen LogP contribution in [0.1, 0.15) is 11.1 Å². The lowest BCUT2D eigenvalue weighted by Gasteiger charge is -2.06. The Kier molecular flexibility index (Phi) is 4.06. The summed E-state index contributed by atoms with van der Waals surface area (Å²) >= 11 is 1.49. The van der Waals surface area contributed by atoms with Crippen LogP contribution in [0, 0.1) is 6.92 Å².